The van der Waals surface area contributed by atoms with E-state index in [2.05, 4.69) is 31.2 Å². The first kappa shape index (κ1) is 30.9. The van der Waals surface area contributed by atoms with Gasteiger partial charge in [-0.3, -0.25) is 19.1 Å². The Balaban J connectivity index is 1.10. The highest BCUT2D eigenvalue weighted by Gasteiger charge is 2.44. The van der Waals surface area contributed by atoms with Crippen LogP contribution in [0.3, 0.4) is 0 Å². The topological polar surface area (TPSA) is 125 Å². The molecule has 0 radical (unpaired) electrons. The molecule has 2 N–H and O–H groups in total. The number of fused-ring (bicyclic) bond motifs is 3. The van der Waals surface area contributed by atoms with Crippen LogP contribution in [0, 0.1) is 18.8 Å². The Labute approximate surface area is 263 Å². The molecule has 0 aromatic carbocycles. The maximum atomic E-state index is 13.2. The molecular weight excluding hydrogens is 570 g/mol. The van der Waals surface area contributed by atoms with Crippen molar-refractivity contribution in [3.05, 3.63) is 54.2 Å². The lowest BCUT2D eigenvalue weighted by atomic mass is 10.00. The van der Waals surface area contributed by atoms with E-state index in [0.29, 0.717) is 36.9 Å². The van der Waals surface area contributed by atoms with Crippen molar-refractivity contribution >= 4 is 34.4 Å². The Morgan fingerprint density at radius 1 is 1.07 bits per heavy atom. The van der Waals surface area contributed by atoms with Crippen molar-refractivity contribution in [3.63, 3.8) is 0 Å². The third kappa shape index (κ3) is 6.79. The molecule has 1 saturated heterocycles. The summed E-state index contributed by atoms with van der Waals surface area (Å²) in [7, 11) is 0. The molecule has 1 saturated carbocycles. The number of aryl methyl sites for hydroxylation is 1. The molecule has 238 valence electrons. The highest BCUT2D eigenvalue weighted by molar-refractivity contribution is 5.97. The lowest BCUT2D eigenvalue weighted by molar-refractivity contribution is -0.117. The molecular formula is C34H43N7O4. The minimum Gasteiger partial charge on any atom is -0.444 e. The van der Waals surface area contributed by atoms with Crippen molar-refractivity contribution in [2.45, 2.75) is 65.6 Å². The van der Waals surface area contributed by atoms with E-state index in [-0.39, 0.29) is 17.9 Å². The molecule has 0 unspecified atom stereocenters. The van der Waals surface area contributed by atoms with Gasteiger partial charge >= 0.3 is 6.09 Å². The number of nitrogens with zero attached hydrogens (tertiary/aromatic N) is 6. The number of hydrogen-bond acceptors (Lipinski definition) is 8. The molecule has 2 aliphatic rings. The summed E-state index contributed by atoms with van der Waals surface area (Å²) in [6.07, 6.45) is 8.85. The molecule has 11 nitrogen and oxygen atoms in total. The first-order valence-corrected chi connectivity index (χ1v) is 15.9. The number of piperazine rings is 1. The number of pyridine rings is 3. The van der Waals surface area contributed by atoms with E-state index in [1.54, 1.807) is 17.3 Å². The molecule has 6 rings (SSSR count). The average molecular weight is 614 g/mol. The minimum atomic E-state index is -0.573. The summed E-state index contributed by atoms with van der Waals surface area (Å²) in [6, 6.07) is 5.90. The zero-order valence-electron chi connectivity index (χ0n) is 26.8. The molecule has 2 fully saturated rings. The second-order valence-electron chi connectivity index (χ2n) is 13.4. The SMILES string of the molecule is CCC[C@H](O)c1cc(C)c(-c2cc3cnc(NC(=O)[C@H]4C[C@@H]4CN4CCN(C(=O)OC(C)(C)C)CC4)cc3n3ccnc23)cn1. The van der Waals surface area contributed by atoms with Crippen LogP contribution in [0.15, 0.2) is 43.0 Å². The van der Waals surface area contributed by atoms with Crippen LogP contribution in [-0.2, 0) is 9.53 Å². The second kappa shape index (κ2) is 12.4. The number of aromatic nitrogens is 4. The van der Waals surface area contributed by atoms with Crippen molar-refractivity contribution in [2.75, 3.05) is 38.0 Å². The minimum absolute atomic E-state index is 0.00946. The second-order valence-corrected chi connectivity index (χ2v) is 13.4. The standard InChI is InChI=1S/C34H43N7O4/c1-6-7-29(42)27-14-21(2)26(19-36-27)25-15-22-18-37-30(17-28(22)41-9-8-35-31(25)41)38-32(43)24-16-23(24)20-39-10-12-40(13-11-39)33(44)45-34(3,4)5/h8-9,14-15,17-19,23-24,29,42H,6-7,10-13,16,20H2,1-5H3,(H,37,38,43)/t23-,24+,29+/m1/s1. The van der Waals surface area contributed by atoms with Crippen LogP contribution < -0.4 is 5.32 Å². The molecule has 3 atom stereocenters. The van der Waals surface area contributed by atoms with Gasteiger partial charge in [-0.05, 0) is 64.2 Å². The monoisotopic (exact) mass is 613 g/mol. The fraction of sp³-hybridized carbons (Fsp3) is 0.500. The Morgan fingerprint density at radius 3 is 2.56 bits per heavy atom. The Bertz CT molecular complexity index is 1720. The van der Waals surface area contributed by atoms with Gasteiger partial charge in [0, 0.05) is 86.0 Å². The number of carbonyl (C=O) groups is 2. The normalized spacial score (nSPS) is 19.6. The van der Waals surface area contributed by atoms with E-state index >= 15 is 0 Å². The van der Waals surface area contributed by atoms with Gasteiger partial charge in [-0.25, -0.2) is 14.8 Å². The van der Waals surface area contributed by atoms with Crippen LogP contribution in [0.5, 0.6) is 0 Å². The fourth-order valence-corrected chi connectivity index (χ4v) is 6.18. The number of imidazole rings is 1. The van der Waals surface area contributed by atoms with Gasteiger partial charge < -0.3 is 20.1 Å². The van der Waals surface area contributed by atoms with E-state index in [9.17, 15) is 14.7 Å². The van der Waals surface area contributed by atoms with Gasteiger partial charge in [-0.15, -0.1) is 0 Å². The van der Waals surface area contributed by atoms with Gasteiger partial charge in [-0.2, -0.15) is 0 Å². The van der Waals surface area contributed by atoms with Crippen molar-refractivity contribution in [1.29, 1.82) is 0 Å². The number of carbonyl (C=O) groups excluding carboxylic acids is 2. The van der Waals surface area contributed by atoms with Gasteiger partial charge in [0.2, 0.25) is 5.91 Å². The number of aliphatic hydroxyl groups excluding tert-OH is 1. The zero-order valence-corrected chi connectivity index (χ0v) is 26.8. The number of aliphatic hydroxyl groups is 1. The number of nitrogens with one attached hydrogen (secondary N) is 1. The van der Waals surface area contributed by atoms with Gasteiger partial charge in [0.25, 0.3) is 0 Å². The van der Waals surface area contributed by atoms with Gasteiger partial charge in [-0.1, -0.05) is 13.3 Å². The highest BCUT2D eigenvalue weighted by atomic mass is 16.6. The van der Waals surface area contributed by atoms with Crippen LogP contribution in [0.25, 0.3) is 27.7 Å². The molecule has 4 aromatic heterocycles. The van der Waals surface area contributed by atoms with Crippen LogP contribution >= 0.6 is 0 Å². The van der Waals surface area contributed by atoms with Crippen molar-refractivity contribution in [1.82, 2.24) is 29.2 Å². The summed E-state index contributed by atoms with van der Waals surface area (Å²) in [5, 5.41) is 14.4. The maximum absolute atomic E-state index is 13.2. The van der Waals surface area contributed by atoms with Crippen molar-refractivity contribution < 1.29 is 19.4 Å². The predicted octanol–water partition coefficient (Wildman–Crippen LogP) is 5.21. The number of rotatable bonds is 8. The van der Waals surface area contributed by atoms with E-state index in [1.165, 1.54) is 0 Å². The third-order valence-corrected chi connectivity index (χ3v) is 8.71. The third-order valence-electron chi connectivity index (χ3n) is 8.71. The van der Waals surface area contributed by atoms with Gasteiger partial charge in [0.05, 0.1) is 17.3 Å². The molecule has 5 heterocycles. The molecule has 0 bridgehead atoms. The lowest BCUT2D eigenvalue weighted by Gasteiger charge is -2.35. The highest BCUT2D eigenvalue weighted by Crippen LogP contribution is 2.40. The van der Waals surface area contributed by atoms with Crippen LogP contribution in [0.2, 0.25) is 0 Å². The molecule has 4 aromatic rings. The zero-order chi connectivity index (χ0) is 31.9. The molecule has 45 heavy (non-hydrogen) atoms. The average Bonchev–Trinajstić information content (AvgIpc) is 3.58. The van der Waals surface area contributed by atoms with E-state index < -0.39 is 11.7 Å². The number of amides is 2. The summed E-state index contributed by atoms with van der Waals surface area (Å²) in [4.78, 5) is 43.4. The first-order chi connectivity index (χ1) is 21.5. The van der Waals surface area contributed by atoms with Crippen molar-refractivity contribution in [2.24, 2.45) is 11.8 Å². The molecule has 1 aliphatic carbocycles. The summed E-state index contributed by atoms with van der Waals surface area (Å²) >= 11 is 0. The van der Waals surface area contributed by atoms with Gasteiger partial charge in [0.15, 0.2) is 0 Å². The number of hydrogen-bond donors (Lipinski definition) is 2. The molecule has 0 spiro atoms. The van der Waals surface area contributed by atoms with Crippen LogP contribution in [-0.4, -0.2) is 84.6 Å². The Morgan fingerprint density at radius 2 is 1.84 bits per heavy atom. The summed E-state index contributed by atoms with van der Waals surface area (Å²) in [5.74, 6) is 0.757. The summed E-state index contributed by atoms with van der Waals surface area (Å²) in [6.45, 7) is 13.4. The Hall–Kier alpha value is -4.09. The largest absolute Gasteiger partial charge is 0.444 e. The van der Waals surface area contributed by atoms with Gasteiger partial charge in [0.1, 0.15) is 17.1 Å². The quantitative estimate of drug-likeness (QED) is 0.277. The maximum Gasteiger partial charge on any atom is 0.410 e. The fourth-order valence-electron chi connectivity index (χ4n) is 6.18. The molecule has 1 aliphatic heterocycles. The van der Waals surface area contributed by atoms with E-state index in [0.717, 1.165) is 65.7 Å². The molecule has 2 amide bonds. The summed E-state index contributed by atoms with van der Waals surface area (Å²) < 4.78 is 7.51. The van der Waals surface area contributed by atoms with Crippen LogP contribution in [0.4, 0.5) is 10.6 Å². The van der Waals surface area contributed by atoms with Crippen molar-refractivity contribution in [3.8, 4) is 11.1 Å². The Kier molecular flexibility index (Phi) is 8.49. The summed E-state index contributed by atoms with van der Waals surface area (Å²) in [5.41, 5.74) is 4.75. The van der Waals surface area contributed by atoms with E-state index in [1.807, 2.05) is 63.5 Å². The lowest BCUT2D eigenvalue weighted by Crippen LogP contribution is -2.50. The smallest absolute Gasteiger partial charge is 0.410 e. The predicted molar refractivity (Wildman–Crippen MR) is 173 cm³/mol. The van der Waals surface area contributed by atoms with Crippen LogP contribution in [0.1, 0.15) is 64.3 Å². The molecule has 11 heteroatoms. The number of anilines is 1. The number of ether oxygens (including phenoxy) is 1. The van der Waals surface area contributed by atoms with E-state index in [4.69, 9.17) is 4.74 Å². The first-order valence-electron chi connectivity index (χ1n) is 15.9.